The van der Waals surface area contributed by atoms with Crippen molar-refractivity contribution in [2.24, 2.45) is 0 Å². The highest BCUT2D eigenvalue weighted by Gasteiger charge is 2.23. The molecule has 0 saturated carbocycles. The van der Waals surface area contributed by atoms with Crippen molar-refractivity contribution in [3.05, 3.63) is 78.7 Å². The number of hydrogen-bond acceptors (Lipinski definition) is 8. The molecule has 4 aromatic rings. The molecule has 0 bridgehead atoms. The van der Waals surface area contributed by atoms with E-state index in [1.54, 1.807) is 48.0 Å². The minimum Gasteiger partial charge on any atom is -0.495 e. The van der Waals surface area contributed by atoms with Crippen LogP contribution in [0.25, 0.3) is 22.0 Å². The monoisotopic (exact) mass is 625 g/mol. The minimum atomic E-state index is -0.435. The summed E-state index contributed by atoms with van der Waals surface area (Å²) in [6.07, 6.45) is 5.98. The molecule has 43 heavy (non-hydrogen) atoms. The van der Waals surface area contributed by atoms with Gasteiger partial charge < -0.3 is 24.3 Å². The van der Waals surface area contributed by atoms with Gasteiger partial charge in [0.25, 0.3) is 11.2 Å². The standard InChI is InChI=1S/C31H33Cl2N5O5/c1-19-9-7-10-22(38(40)41)30(19)35-26-16-23-20(18-34-26)15-21(27-28(32)24(42-2)17-25(43-3)29(27)33)31(39)37(23)14-8-13-36-11-5-4-6-12-36/h7,9-10,15-18H,4-6,8,11-14H2,1-3H3,(H,34,35). The van der Waals surface area contributed by atoms with Gasteiger partial charge in [-0.25, -0.2) is 4.98 Å². The Morgan fingerprint density at radius 1 is 1.02 bits per heavy atom. The third-order valence-electron chi connectivity index (χ3n) is 7.83. The summed E-state index contributed by atoms with van der Waals surface area (Å²) in [5, 5.41) is 15.9. The maximum atomic E-state index is 14.3. The SMILES string of the molecule is COc1cc(OC)c(Cl)c(-c2cc3cnc(Nc4c(C)cccc4[N+](=O)[O-])cc3n(CCCN3CCCCC3)c2=O)c1Cl. The maximum absolute atomic E-state index is 14.3. The van der Waals surface area contributed by atoms with Gasteiger partial charge in [0.2, 0.25) is 0 Å². The molecule has 1 N–H and O–H groups in total. The number of nitrogens with zero attached hydrogens (tertiary/aromatic N) is 4. The first-order chi connectivity index (χ1) is 20.7. The Bertz CT molecular complexity index is 1710. The van der Waals surface area contributed by atoms with E-state index in [9.17, 15) is 14.9 Å². The number of benzene rings is 2. The summed E-state index contributed by atoms with van der Waals surface area (Å²) in [6.45, 7) is 5.19. The minimum absolute atomic E-state index is 0.0626. The number of rotatable bonds is 10. The molecular formula is C31H33Cl2N5O5. The molecule has 0 radical (unpaired) electrons. The van der Waals surface area contributed by atoms with E-state index >= 15 is 0 Å². The van der Waals surface area contributed by atoms with Crippen LogP contribution in [0.3, 0.4) is 0 Å². The van der Waals surface area contributed by atoms with Gasteiger partial charge in [0.1, 0.15) is 23.0 Å². The summed E-state index contributed by atoms with van der Waals surface area (Å²) < 4.78 is 12.6. The third-order valence-corrected chi connectivity index (χ3v) is 8.58. The summed E-state index contributed by atoms with van der Waals surface area (Å²) in [5.74, 6) is 1.03. The number of aromatic nitrogens is 2. The summed E-state index contributed by atoms with van der Waals surface area (Å²) >= 11 is 13.5. The third kappa shape index (κ3) is 6.27. The number of hydrogen-bond donors (Lipinski definition) is 1. The largest absolute Gasteiger partial charge is 0.495 e. The van der Waals surface area contributed by atoms with Crippen molar-refractivity contribution in [2.45, 2.75) is 39.2 Å². The molecule has 10 nitrogen and oxygen atoms in total. The average molecular weight is 627 g/mol. The van der Waals surface area contributed by atoms with Gasteiger partial charge >= 0.3 is 0 Å². The molecule has 0 amide bonds. The quantitative estimate of drug-likeness (QED) is 0.145. The first kappa shape index (κ1) is 30.6. The number of ether oxygens (including phenoxy) is 2. The van der Waals surface area contributed by atoms with E-state index in [2.05, 4.69) is 15.2 Å². The molecule has 12 heteroatoms. The number of halogens is 2. The van der Waals surface area contributed by atoms with Gasteiger partial charge in [-0.1, -0.05) is 41.8 Å². The second-order valence-corrected chi connectivity index (χ2v) is 11.3. The highest BCUT2D eigenvalue weighted by molar-refractivity contribution is 6.41. The Labute approximate surface area is 259 Å². The molecule has 1 saturated heterocycles. The summed E-state index contributed by atoms with van der Waals surface area (Å²) in [4.78, 5) is 32.5. The fourth-order valence-electron chi connectivity index (χ4n) is 5.59. The molecule has 2 aromatic carbocycles. The lowest BCUT2D eigenvalue weighted by Crippen LogP contribution is -2.32. The van der Waals surface area contributed by atoms with Crippen LogP contribution in [0.1, 0.15) is 31.2 Å². The van der Waals surface area contributed by atoms with Gasteiger partial charge in [0, 0.05) is 41.9 Å². The molecule has 5 rings (SSSR count). The van der Waals surface area contributed by atoms with Crippen molar-refractivity contribution in [3.63, 3.8) is 0 Å². The van der Waals surface area contributed by atoms with Gasteiger partial charge in [0.15, 0.2) is 0 Å². The molecule has 3 heterocycles. The van der Waals surface area contributed by atoms with Crippen LogP contribution in [0.5, 0.6) is 11.5 Å². The van der Waals surface area contributed by atoms with E-state index < -0.39 is 4.92 Å². The number of nitro groups is 1. The van der Waals surface area contributed by atoms with Gasteiger partial charge in [-0.15, -0.1) is 0 Å². The number of fused-ring (bicyclic) bond motifs is 1. The lowest BCUT2D eigenvalue weighted by Gasteiger charge is -2.26. The molecule has 226 valence electrons. The number of aryl methyl sites for hydroxylation is 2. The van der Waals surface area contributed by atoms with Crippen molar-refractivity contribution < 1.29 is 14.4 Å². The van der Waals surface area contributed by atoms with Gasteiger partial charge in [-0.2, -0.15) is 0 Å². The van der Waals surface area contributed by atoms with Crippen molar-refractivity contribution in [1.29, 1.82) is 0 Å². The molecule has 0 spiro atoms. The first-order valence-corrected chi connectivity index (χ1v) is 14.9. The Hall–Kier alpha value is -3.86. The molecule has 1 aliphatic heterocycles. The van der Waals surface area contributed by atoms with Gasteiger partial charge in [-0.05, 0) is 57.5 Å². The van der Waals surface area contributed by atoms with Crippen LogP contribution in [0.15, 0.2) is 47.4 Å². The Morgan fingerprint density at radius 2 is 1.72 bits per heavy atom. The second kappa shape index (κ2) is 13.2. The van der Waals surface area contributed by atoms with Crippen molar-refractivity contribution >= 4 is 51.3 Å². The molecule has 0 unspecified atom stereocenters. The smallest absolute Gasteiger partial charge is 0.292 e. The van der Waals surface area contributed by atoms with E-state index in [0.717, 1.165) is 26.1 Å². The highest BCUT2D eigenvalue weighted by Crippen LogP contribution is 2.45. The van der Waals surface area contributed by atoms with Gasteiger partial charge in [-0.3, -0.25) is 14.9 Å². The molecular weight excluding hydrogens is 593 g/mol. The van der Waals surface area contributed by atoms with E-state index in [1.165, 1.54) is 39.5 Å². The number of nitrogens with one attached hydrogen (secondary N) is 1. The predicted octanol–water partition coefficient (Wildman–Crippen LogP) is 7.22. The van der Waals surface area contributed by atoms with Crippen LogP contribution in [0.2, 0.25) is 10.0 Å². The topological polar surface area (TPSA) is 112 Å². The number of para-hydroxylation sites is 1. The van der Waals surface area contributed by atoms with Crippen molar-refractivity contribution in [3.8, 4) is 22.6 Å². The number of anilines is 2. The molecule has 1 aliphatic rings. The number of likely N-dealkylation sites (tertiary alicyclic amines) is 1. The predicted molar refractivity (Wildman–Crippen MR) is 171 cm³/mol. The molecule has 2 aromatic heterocycles. The first-order valence-electron chi connectivity index (χ1n) is 14.1. The van der Waals surface area contributed by atoms with Crippen LogP contribution in [-0.4, -0.2) is 53.2 Å². The number of piperidine rings is 1. The van der Waals surface area contributed by atoms with Crippen LogP contribution in [0.4, 0.5) is 17.2 Å². The summed E-state index contributed by atoms with van der Waals surface area (Å²) in [5.41, 5.74) is 1.92. The zero-order valence-corrected chi connectivity index (χ0v) is 25.8. The normalized spacial score (nSPS) is 13.7. The fourth-order valence-corrected chi connectivity index (χ4v) is 6.30. The van der Waals surface area contributed by atoms with E-state index in [4.69, 9.17) is 32.7 Å². The zero-order chi connectivity index (χ0) is 30.7. The number of pyridine rings is 2. The number of methoxy groups -OCH3 is 2. The molecule has 1 fully saturated rings. The van der Waals surface area contributed by atoms with E-state index in [0.29, 0.717) is 51.6 Å². The summed E-state index contributed by atoms with van der Waals surface area (Å²) in [7, 11) is 2.96. The fraction of sp³-hybridized carbons (Fsp3) is 0.355. The van der Waals surface area contributed by atoms with Crippen molar-refractivity contribution in [2.75, 3.05) is 39.2 Å². The zero-order valence-electron chi connectivity index (χ0n) is 24.3. The highest BCUT2D eigenvalue weighted by atomic mass is 35.5. The maximum Gasteiger partial charge on any atom is 0.292 e. The average Bonchev–Trinajstić information content (AvgIpc) is 3.00. The Morgan fingerprint density at radius 3 is 2.37 bits per heavy atom. The Kier molecular flexibility index (Phi) is 9.39. The van der Waals surface area contributed by atoms with Crippen molar-refractivity contribution in [1.82, 2.24) is 14.5 Å². The lowest BCUT2D eigenvalue weighted by molar-refractivity contribution is -0.384. The van der Waals surface area contributed by atoms with Gasteiger partial charge in [0.05, 0.1) is 40.3 Å². The van der Waals surface area contributed by atoms with Crippen LogP contribution >= 0.6 is 23.2 Å². The molecule has 0 atom stereocenters. The van der Waals surface area contributed by atoms with Crippen LogP contribution in [-0.2, 0) is 6.54 Å². The van der Waals surface area contributed by atoms with E-state index in [-0.39, 0.29) is 26.9 Å². The summed E-state index contributed by atoms with van der Waals surface area (Å²) in [6, 6.07) is 9.89. The lowest BCUT2D eigenvalue weighted by atomic mass is 10.0. The Balaban J connectivity index is 1.64. The van der Waals surface area contributed by atoms with E-state index in [1.807, 2.05) is 0 Å². The number of nitro benzene ring substituents is 1. The van der Waals surface area contributed by atoms with Crippen LogP contribution < -0.4 is 20.3 Å². The molecule has 0 aliphatic carbocycles. The van der Waals surface area contributed by atoms with Crippen LogP contribution in [0, 0.1) is 17.0 Å². The second-order valence-electron chi connectivity index (χ2n) is 10.5.